The largest absolute Gasteiger partial charge is 0.295 e. The molecule has 0 radical (unpaired) electrons. The Hall–Kier alpha value is -0.590. The van der Waals surface area contributed by atoms with Crippen LogP contribution in [0.4, 0.5) is 0 Å². The van der Waals surface area contributed by atoms with Crippen LogP contribution in [0, 0.1) is 0 Å². The Labute approximate surface area is 75.9 Å². The van der Waals surface area contributed by atoms with Crippen molar-refractivity contribution in [3.8, 4) is 0 Å². The summed E-state index contributed by atoms with van der Waals surface area (Å²) in [7, 11) is 0. The second kappa shape index (κ2) is 7.08. The van der Waals surface area contributed by atoms with E-state index in [0.29, 0.717) is 0 Å². The molecular weight excluding hydrogens is 148 g/mol. The van der Waals surface area contributed by atoms with Gasteiger partial charge in [-0.3, -0.25) is 4.79 Å². The molecule has 1 heteroatoms. The van der Waals surface area contributed by atoms with Crippen LogP contribution in [-0.2, 0) is 4.79 Å². The fourth-order valence-electron chi connectivity index (χ4n) is 1.03. The Morgan fingerprint density at radius 1 is 1.17 bits per heavy atom. The number of hydrogen-bond acceptors (Lipinski definition) is 1. The van der Waals surface area contributed by atoms with Crippen molar-refractivity contribution in [3.05, 3.63) is 11.6 Å². The Balaban J connectivity index is 3.40. The number of rotatable bonds is 6. The van der Waals surface area contributed by atoms with Crippen LogP contribution in [0.2, 0.25) is 0 Å². The van der Waals surface area contributed by atoms with Gasteiger partial charge in [-0.1, -0.05) is 32.3 Å². The van der Waals surface area contributed by atoms with Gasteiger partial charge >= 0.3 is 0 Å². The molecular formula is C11H20O. The molecule has 0 aliphatic rings. The minimum atomic E-state index is 0.200. The average molecular weight is 168 g/mol. The van der Waals surface area contributed by atoms with Gasteiger partial charge in [0.2, 0.25) is 0 Å². The molecule has 0 fully saturated rings. The Bertz CT molecular complexity index is 156. The fourth-order valence-corrected chi connectivity index (χ4v) is 1.03. The summed E-state index contributed by atoms with van der Waals surface area (Å²) in [6, 6.07) is 0. The smallest absolute Gasteiger partial charge is 0.155 e. The second-order valence-corrected chi connectivity index (χ2v) is 3.29. The third kappa shape index (κ3) is 6.14. The predicted octanol–water partition coefficient (Wildman–Crippen LogP) is 3.49. The molecule has 0 heterocycles. The Morgan fingerprint density at radius 2 is 1.83 bits per heavy atom. The lowest BCUT2D eigenvalue weighted by Gasteiger charge is -1.96. The number of hydrogen-bond donors (Lipinski definition) is 0. The maximum Gasteiger partial charge on any atom is 0.155 e. The van der Waals surface area contributed by atoms with E-state index < -0.39 is 0 Å². The molecule has 0 rings (SSSR count). The molecule has 0 aromatic rings. The molecule has 0 atom stereocenters. The first-order valence-corrected chi connectivity index (χ1v) is 4.86. The van der Waals surface area contributed by atoms with Gasteiger partial charge in [-0.2, -0.15) is 0 Å². The zero-order valence-corrected chi connectivity index (χ0v) is 8.52. The number of allylic oxidation sites excluding steroid dienone is 2. The van der Waals surface area contributed by atoms with Crippen LogP contribution in [0.25, 0.3) is 0 Å². The van der Waals surface area contributed by atoms with Gasteiger partial charge in [-0.05, 0) is 32.3 Å². The highest BCUT2D eigenvalue weighted by atomic mass is 16.1. The van der Waals surface area contributed by atoms with E-state index >= 15 is 0 Å². The minimum Gasteiger partial charge on any atom is -0.295 e. The highest BCUT2D eigenvalue weighted by molar-refractivity contribution is 5.92. The number of carbonyl (C=O) groups is 1. The lowest BCUT2D eigenvalue weighted by atomic mass is 10.1. The molecule has 0 bridgehead atoms. The fraction of sp³-hybridized carbons (Fsp3) is 0.727. The van der Waals surface area contributed by atoms with Crippen molar-refractivity contribution < 1.29 is 4.79 Å². The van der Waals surface area contributed by atoms with Crippen molar-refractivity contribution in [2.75, 3.05) is 0 Å². The summed E-state index contributed by atoms with van der Waals surface area (Å²) in [5.41, 5.74) is 0.909. The topological polar surface area (TPSA) is 17.1 Å². The molecule has 0 N–H and O–H groups in total. The predicted molar refractivity (Wildman–Crippen MR) is 53.2 cm³/mol. The molecule has 0 aliphatic carbocycles. The maximum absolute atomic E-state index is 10.8. The second-order valence-electron chi connectivity index (χ2n) is 3.29. The van der Waals surface area contributed by atoms with E-state index in [0.717, 1.165) is 12.0 Å². The first-order chi connectivity index (χ1) is 5.68. The molecule has 0 amide bonds. The van der Waals surface area contributed by atoms with Crippen LogP contribution < -0.4 is 0 Å². The van der Waals surface area contributed by atoms with Crippen LogP contribution in [0.15, 0.2) is 11.6 Å². The van der Waals surface area contributed by atoms with Crippen LogP contribution in [0.5, 0.6) is 0 Å². The van der Waals surface area contributed by atoms with Gasteiger partial charge in [0.1, 0.15) is 0 Å². The summed E-state index contributed by atoms with van der Waals surface area (Å²) < 4.78 is 0. The van der Waals surface area contributed by atoms with E-state index in [2.05, 4.69) is 13.0 Å². The number of carbonyl (C=O) groups excluding carboxylic acids is 1. The highest BCUT2D eigenvalue weighted by Gasteiger charge is 1.93. The maximum atomic E-state index is 10.8. The molecule has 0 aromatic heterocycles. The van der Waals surface area contributed by atoms with Crippen molar-refractivity contribution in [2.24, 2.45) is 0 Å². The Kier molecular flexibility index (Phi) is 6.73. The third-order valence-electron chi connectivity index (χ3n) is 2.06. The average Bonchev–Trinajstić information content (AvgIpc) is 2.03. The minimum absolute atomic E-state index is 0.200. The Morgan fingerprint density at radius 3 is 2.33 bits per heavy atom. The van der Waals surface area contributed by atoms with E-state index in [4.69, 9.17) is 0 Å². The first kappa shape index (κ1) is 11.4. The molecule has 0 saturated heterocycles. The monoisotopic (exact) mass is 168 g/mol. The lowest BCUT2D eigenvalue weighted by Crippen LogP contribution is -1.90. The molecule has 0 unspecified atom stereocenters. The molecule has 0 aliphatic heterocycles. The normalized spacial score (nSPS) is 11.8. The first-order valence-electron chi connectivity index (χ1n) is 4.86. The zero-order valence-electron chi connectivity index (χ0n) is 8.52. The summed E-state index contributed by atoms with van der Waals surface area (Å²) in [5, 5.41) is 0. The van der Waals surface area contributed by atoms with Crippen molar-refractivity contribution in [1.82, 2.24) is 0 Å². The van der Waals surface area contributed by atoms with Gasteiger partial charge in [0.15, 0.2) is 5.78 Å². The summed E-state index contributed by atoms with van der Waals surface area (Å²) in [4.78, 5) is 10.8. The number of Topliss-reactive ketones (excluding diaryl/α,β-unsaturated/α-hetero) is 1. The highest BCUT2D eigenvalue weighted by Crippen LogP contribution is 2.05. The summed E-state index contributed by atoms with van der Waals surface area (Å²) in [6.07, 6.45) is 8.21. The molecule has 0 spiro atoms. The molecule has 70 valence electrons. The van der Waals surface area contributed by atoms with E-state index in [1.165, 1.54) is 25.7 Å². The van der Waals surface area contributed by atoms with Crippen LogP contribution in [-0.4, -0.2) is 5.78 Å². The molecule has 12 heavy (non-hydrogen) atoms. The SMILES string of the molecule is CCCCCCC=C(C)C(C)=O. The van der Waals surface area contributed by atoms with Crippen molar-refractivity contribution in [2.45, 2.75) is 52.9 Å². The lowest BCUT2D eigenvalue weighted by molar-refractivity contribution is -0.113. The summed E-state index contributed by atoms with van der Waals surface area (Å²) >= 11 is 0. The van der Waals surface area contributed by atoms with Gasteiger partial charge in [-0.15, -0.1) is 0 Å². The van der Waals surface area contributed by atoms with Crippen molar-refractivity contribution in [3.63, 3.8) is 0 Å². The van der Waals surface area contributed by atoms with E-state index in [1.807, 2.05) is 6.92 Å². The quantitative estimate of drug-likeness (QED) is 0.438. The van der Waals surface area contributed by atoms with Gasteiger partial charge < -0.3 is 0 Å². The van der Waals surface area contributed by atoms with E-state index in [1.54, 1.807) is 6.92 Å². The molecule has 0 aromatic carbocycles. The standard InChI is InChI=1S/C11H20O/c1-4-5-6-7-8-9-10(2)11(3)12/h9H,4-8H2,1-3H3. The van der Waals surface area contributed by atoms with Gasteiger partial charge in [0.05, 0.1) is 0 Å². The van der Waals surface area contributed by atoms with Crippen LogP contribution in [0.3, 0.4) is 0 Å². The van der Waals surface area contributed by atoms with Gasteiger partial charge in [-0.25, -0.2) is 0 Å². The zero-order chi connectivity index (χ0) is 9.40. The van der Waals surface area contributed by atoms with Crippen LogP contribution >= 0.6 is 0 Å². The summed E-state index contributed by atoms with van der Waals surface area (Å²) in [5.74, 6) is 0.200. The van der Waals surface area contributed by atoms with Crippen molar-refractivity contribution in [1.29, 1.82) is 0 Å². The number of ketones is 1. The van der Waals surface area contributed by atoms with Crippen LogP contribution in [0.1, 0.15) is 52.9 Å². The molecule has 0 saturated carbocycles. The number of unbranched alkanes of at least 4 members (excludes halogenated alkanes) is 4. The van der Waals surface area contributed by atoms with Crippen molar-refractivity contribution >= 4 is 5.78 Å². The van der Waals surface area contributed by atoms with Gasteiger partial charge in [0.25, 0.3) is 0 Å². The van der Waals surface area contributed by atoms with E-state index in [9.17, 15) is 4.79 Å². The summed E-state index contributed by atoms with van der Waals surface area (Å²) in [6.45, 7) is 5.72. The van der Waals surface area contributed by atoms with Gasteiger partial charge in [0, 0.05) is 0 Å². The van der Waals surface area contributed by atoms with E-state index in [-0.39, 0.29) is 5.78 Å². The molecule has 1 nitrogen and oxygen atoms in total. The third-order valence-corrected chi connectivity index (χ3v) is 2.06.